The van der Waals surface area contributed by atoms with E-state index < -0.39 is 11.7 Å². The maximum atomic E-state index is 13.5. The second kappa shape index (κ2) is 8.17. The van der Waals surface area contributed by atoms with E-state index in [1.807, 2.05) is 5.38 Å². The molecule has 4 rings (SSSR count). The van der Waals surface area contributed by atoms with Gasteiger partial charge in [0.2, 0.25) is 11.8 Å². The highest BCUT2D eigenvalue weighted by Gasteiger charge is 2.31. The zero-order valence-corrected chi connectivity index (χ0v) is 17.1. The molecule has 1 aromatic carbocycles. The predicted molar refractivity (Wildman–Crippen MR) is 108 cm³/mol. The van der Waals surface area contributed by atoms with Crippen molar-refractivity contribution in [3.8, 4) is 0 Å². The molecule has 2 amide bonds. The molecular formula is C20H23FN4O3S. The molecule has 2 aliphatic rings. The number of aromatic nitrogens is 1. The Morgan fingerprint density at radius 2 is 2.14 bits per heavy atom. The summed E-state index contributed by atoms with van der Waals surface area (Å²) < 4.78 is 19.2. The smallest absolute Gasteiger partial charge is 0.234 e. The number of amides is 2. The maximum absolute atomic E-state index is 13.5. The van der Waals surface area contributed by atoms with E-state index in [1.165, 1.54) is 23.5 Å². The number of carbonyl (C=O) groups is 2. The van der Waals surface area contributed by atoms with E-state index in [0.29, 0.717) is 22.9 Å². The van der Waals surface area contributed by atoms with Gasteiger partial charge in [0.05, 0.1) is 23.8 Å². The monoisotopic (exact) mass is 418 g/mol. The third-order valence-electron chi connectivity index (χ3n) is 5.03. The normalized spacial score (nSPS) is 24.7. The molecule has 0 radical (unpaired) electrons. The van der Waals surface area contributed by atoms with Crippen molar-refractivity contribution < 1.29 is 18.7 Å². The van der Waals surface area contributed by atoms with Crippen molar-refractivity contribution in [3.05, 3.63) is 40.7 Å². The first-order valence-electron chi connectivity index (χ1n) is 9.59. The lowest BCUT2D eigenvalue weighted by Gasteiger charge is -2.34. The van der Waals surface area contributed by atoms with Gasteiger partial charge in [0.25, 0.3) is 0 Å². The number of nitrogens with zero attached hydrogens (tertiary/aromatic N) is 2. The summed E-state index contributed by atoms with van der Waals surface area (Å²) in [5.74, 6) is -1.75. The fourth-order valence-electron chi connectivity index (χ4n) is 3.94. The molecule has 29 heavy (non-hydrogen) atoms. The molecule has 3 heterocycles. The molecule has 3 atom stereocenters. The molecule has 0 bridgehead atoms. The van der Waals surface area contributed by atoms with Gasteiger partial charge in [-0.1, -0.05) is 6.07 Å². The highest BCUT2D eigenvalue weighted by atomic mass is 32.1. The van der Waals surface area contributed by atoms with Gasteiger partial charge in [0.1, 0.15) is 5.82 Å². The molecule has 2 aromatic rings. The first kappa shape index (κ1) is 19.9. The minimum atomic E-state index is -0.673. The molecule has 154 valence electrons. The molecule has 0 saturated carbocycles. The fourth-order valence-corrected chi connectivity index (χ4v) is 4.65. The van der Waals surface area contributed by atoms with E-state index in [-0.39, 0.29) is 30.4 Å². The van der Waals surface area contributed by atoms with Crippen molar-refractivity contribution in [2.24, 2.45) is 0 Å². The Balaban J connectivity index is 1.43. The van der Waals surface area contributed by atoms with E-state index >= 15 is 0 Å². The lowest BCUT2D eigenvalue weighted by atomic mass is 9.90. The number of morpholine rings is 1. The van der Waals surface area contributed by atoms with Gasteiger partial charge in [0.15, 0.2) is 5.13 Å². The Labute approximate surface area is 172 Å². The van der Waals surface area contributed by atoms with Crippen molar-refractivity contribution in [2.45, 2.75) is 44.9 Å². The third kappa shape index (κ3) is 4.63. The first-order valence-corrected chi connectivity index (χ1v) is 10.5. The summed E-state index contributed by atoms with van der Waals surface area (Å²) in [6.45, 7) is 6.49. The third-order valence-corrected chi connectivity index (χ3v) is 5.84. The minimum Gasteiger partial charge on any atom is -0.373 e. The number of rotatable bonds is 4. The second-order valence-corrected chi connectivity index (χ2v) is 8.48. The highest BCUT2D eigenvalue weighted by Crippen LogP contribution is 2.34. The average molecular weight is 418 g/mol. The molecule has 1 aromatic heterocycles. The average Bonchev–Trinajstić information content (AvgIpc) is 3.06. The Morgan fingerprint density at radius 1 is 1.38 bits per heavy atom. The number of hydrogen-bond acceptors (Lipinski definition) is 6. The van der Waals surface area contributed by atoms with Gasteiger partial charge in [-0.3, -0.25) is 14.5 Å². The number of ether oxygens (including phenoxy) is 1. The number of benzene rings is 1. The molecule has 0 aliphatic carbocycles. The SMILES string of the molecule is CC1CN(Cc2csc(NC(=O)C3CC(=O)Nc4cc(F)ccc43)n2)CC(C)O1. The van der Waals surface area contributed by atoms with E-state index in [4.69, 9.17) is 4.74 Å². The van der Waals surface area contributed by atoms with Crippen LogP contribution in [0.25, 0.3) is 0 Å². The van der Waals surface area contributed by atoms with Crippen LogP contribution in [0.4, 0.5) is 15.2 Å². The number of halogens is 1. The van der Waals surface area contributed by atoms with E-state index in [2.05, 4.69) is 34.4 Å². The summed E-state index contributed by atoms with van der Waals surface area (Å²) in [6, 6.07) is 4.07. The Bertz CT molecular complexity index is 924. The number of anilines is 2. The van der Waals surface area contributed by atoms with Crippen molar-refractivity contribution in [2.75, 3.05) is 23.7 Å². The van der Waals surface area contributed by atoms with Crippen LogP contribution in [0.15, 0.2) is 23.6 Å². The van der Waals surface area contributed by atoms with Crippen LogP contribution in [0, 0.1) is 5.82 Å². The molecule has 2 aliphatic heterocycles. The van der Waals surface area contributed by atoms with Crippen LogP contribution in [0.2, 0.25) is 0 Å². The highest BCUT2D eigenvalue weighted by molar-refractivity contribution is 7.13. The molecule has 0 spiro atoms. The molecule has 1 fully saturated rings. The maximum Gasteiger partial charge on any atom is 0.234 e. The second-order valence-electron chi connectivity index (χ2n) is 7.62. The molecule has 9 heteroatoms. The van der Waals surface area contributed by atoms with Crippen molar-refractivity contribution in [3.63, 3.8) is 0 Å². The van der Waals surface area contributed by atoms with Crippen LogP contribution in [-0.2, 0) is 20.9 Å². The van der Waals surface area contributed by atoms with E-state index in [9.17, 15) is 14.0 Å². The van der Waals surface area contributed by atoms with Gasteiger partial charge in [-0.2, -0.15) is 0 Å². The fraction of sp³-hybridized carbons (Fsp3) is 0.450. The van der Waals surface area contributed by atoms with E-state index in [1.54, 1.807) is 6.07 Å². The van der Waals surface area contributed by atoms with Gasteiger partial charge in [-0.05, 0) is 31.5 Å². The van der Waals surface area contributed by atoms with Crippen LogP contribution in [0.5, 0.6) is 0 Å². The number of fused-ring (bicyclic) bond motifs is 1. The Kier molecular flexibility index (Phi) is 5.62. The summed E-state index contributed by atoms with van der Waals surface area (Å²) in [5, 5.41) is 7.86. The first-order chi connectivity index (χ1) is 13.9. The molecule has 2 N–H and O–H groups in total. The molecular weight excluding hydrogens is 395 g/mol. The van der Waals surface area contributed by atoms with Gasteiger partial charge in [-0.15, -0.1) is 11.3 Å². The van der Waals surface area contributed by atoms with Crippen LogP contribution in [-0.4, -0.2) is 47.0 Å². The summed E-state index contributed by atoms with van der Waals surface area (Å²) in [7, 11) is 0. The molecule has 3 unspecified atom stereocenters. The van der Waals surface area contributed by atoms with Gasteiger partial charge < -0.3 is 15.4 Å². The quantitative estimate of drug-likeness (QED) is 0.798. The summed E-state index contributed by atoms with van der Waals surface area (Å²) in [5.41, 5.74) is 1.84. The number of hydrogen-bond donors (Lipinski definition) is 2. The lowest BCUT2D eigenvalue weighted by molar-refractivity contribution is -0.123. The largest absolute Gasteiger partial charge is 0.373 e. The standard InChI is InChI=1S/C20H23FN4O3S/c1-11-7-25(8-12(2)28-11)9-14-10-29-20(22-14)24-19(27)16-6-18(26)23-17-5-13(21)3-4-15(16)17/h3-5,10-12,16H,6-9H2,1-2H3,(H,23,26)(H,22,24,27). The topological polar surface area (TPSA) is 83.6 Å². The number of thiazole rings is 1. The zero-order valence-electron chi connectivity index (χ0n) is 16.3. The van der Waals surface area contributed by atoms with Gasteiger partial charge in [0, 0.05) is 37.1 Å². The summed E-state index contributed by atoms with van der Waals surface area (Å²) >= 11 is 1.36. The summed E-state index contributed by atoms with van der Waals surface area (Å²) in [4.78, 5) is 31.6. The number of carbonyl (C=O) groups excluding carboxylic acids is 2. The Morgan fingerprint density at radius 3 is 2.90 bits per heavy atom. The number of nitrogens with one attached hydrogen (secondary N) is 2. The lowest BCUT2D eigenvalue weighted by Crippen LogP contribution is -2.44. The molecule has 1 saturated heterocycles. The molecule has 7 nitrogen and oxygen atoms in total. The van der Waals surface area contributed by atoms with Crippen molar-refractivity contribution >= 4 is 34.0 Å². The predicted octanol–water partition coefficient (Wildman–Crippen LogP) is 2.96. The van der Waals surface area contributed by atoms with E-state index in [0.717, 1.165) is 18.8 Å². The van der Waals surface area contributed by atoms with Crippen LogP contribution >= 0.6 is 11.3 Å². The Hall–Kier alpha value is -2.36. The van der Waals surface area contributed by atoms with Gasteiger partial charge in [-0.25, -0.2) is 9.37 Å². The van der Waals surface area contributed by atoms with Crippen LogP contribution in [0.3, 0.4) is 0 Å². The van der Waals surface area contributed by atoms with Crippen LogP contribution in [0.1, 0.15) is 37.4 Å². The van der Waals surface area contributed by atoms with Crippen molar-refractivity contribution in [1.82, 2.24) is 9.88 Å². The summed E-state index contributed by atoms with van der Waals surface area (Å²) in [6.07, 6.45) is 0.379. The van der Waals surface area contributed by atoms with Crippen molar-refractivity contribution in [1.29, 1.82) is 0 Å². The van der Waals surface area contributed by atoms with Crippen LogP contribution < -0.4 is 10.6 Å². The zero-order chi connectivity index (χ0) is 20.5. The van der Waals surface area contributed by atoms with Gasteiger partial charge >= 0.3 is 0 Å². The minimum absolute atomic E-state index is 0.0201.